The summed E-state index contributed by atoms with van der Waals surface area (Å²) in [6.45, 7) is 1.17. The molecule has 1 aliphatic heterocycles. The van der Waals surface area contributed by atoms with Gasteiger partial charge in [0.15, 0.2) is 0 Å². The molecule has 0 spiro atoms. The van der Waals surface area contributed by atoms with E-state index in [1.807, 2.05) is 0 Å². The standard InChI is InChI=1S/C7H16N2O6/c1-8-3-12-14-6-9(5-11-10-2)7-15-13-4-8/h3-7H2,1-2H3. The van der Waals surface area contributed by atoms with Crippen LogP contribution in [-0.2, 0) is 29.3 Å². The van der Waals surface area contributed by atoms with Gasteiger partial charge in [-0.05, 0) is 7.05 Å². The van der Waals surface area contributed by atoms with Crippen molar-refractivity contribution in [3.63, 3.8) is 0 Å². The Kier molecular flexibility index (Phi) is 6.72. The molecule has 0 amide bonds. The number of hydrogen-bond donors (Lipinski definition) is 0. The molecular weight excluding hydrogens is 208 g/mol. The first-order valence-electron chi connectivity index (χ1n) is 4.38. The lowest BCUT2D eigenvalue weighted by Gasteiger charge is -2.23. The fourth-order valence-corrected chi connectivity index (χ4v) is 0.754. The van der Waals surface area contributed by atoms with Crippen LogP contribution in [0.2, 0.25) is 0 Å². The van der Waals surface area contributed by atoms with Crippen molar-refractivity contribution < 1.29 is 29.3 Å². The minimum absolute atomic E-state index is 0.194. The average Bonchev–Trinajstić information content (AvgIpc) is 2.25. The van der Waals surface area contributed by atoms with E-state index in [-0.39, 0.29) is 20.2 Å². The van der Waals surface area contributed by atoms with Crippen molar-refractivity contribution in [2.24, 2.45) is 0 Å². The molecule has 0 aromatic rings. The summed E-state index contributed by atoms with van der Waals surface area (Å²) in [6.07, 6.45) is 0. The highest BCUT2D eigenvalue weighted by molar-refractivity contribution is 4.35. The second kappa shape index (κ2) is 7.91. The van der Waals surface area contributed by atoms with Crippen LogP contribution in [0.5, 0.6) is 0 Å². The van der Waals surface area contributed by atoms with Crippen LogP contribution in [0.25, 0.3) is 0 Å². The molecule has 15 heavy (non-hydrogen) atoms. The van der Waals surface area contributed by atoms with Gasteiger partial charge in [-0.2, -0.15) is 0 Å². The molecule has 0 atom stereocenters. The Bertz CT molecular complexity index is 148. The van der Waals surface area contributed by atoms with Crippen molar-refractivity contribution in [1.82, 2.24) is 9.80 Å². The van der Waals surface area contributed by atoms with Crippen LogP contribution in [0.3, 0.4) is 0 Å². The Morgan fingerprint density at radius 2 is 1.53 bits per heavy atom. The normalized spacial score (nSPS) is 22.8. The van der Waals surface area contributed by atoms with Crippen LogP contribution in [-0.4, -0.2) is 57.6 Å². The van der Waals surface area contributed by atoms with E-state index < -0.39 is 0 Å². The summed E-state index contributed by atoms with van der Waals surface area (Å²) in [5.74, 6) is 0. The molecule has 1 heterocycles. The van der Waals surface area contributed by atoms with Gasteiger partial charge in [-0.15, -0.1) is 0 Å². The Hall–Kier alpha value is -0.320. The van der Waals surface area contributed by atoms with E-state index in [9.17, 15) is 0 Å². The van der Waals surface area contributed by atoms with E-state index in [1.165, 1.54) is 7.11 Å². The smallest absolute Gasteiger partial charge is 0.139 e. The fourth-order valence-electron chi connectivity index (χ4n) is 0.754. The average molecular weight is 224 g/mol. The maximum Gasteiger partial charge on any atom is 0.139 e. The van der Waals surface area contributed by atoms with Crippen LogP contribution in [0.15, 0.2) is 0 Å². The van der Waals surface area contributed by atoms with Crippen LogP contribution in [0, 0.1) is 0 Å². The molecular formula is C7H16N2O6. The predicted octanol–water partition coefficient (Wildman–Crippen LogP) is -0.504. The second-order valence-corrected chi connectivity index (χ2v) is 2.93. The summed E-state index contributed by atoms with van der Waals surface area (Å²) in [5, 5.41) is 0. The first-order valence-corrected chi connectivity index (χ1v) is 4.38. The lowest BCUT2D eigenvalue weighted by atomic mass is 10.8. The molecule has 90 valence electrons. The minimum atomic E-state index is 0.194. The summed E-state index contributed by atoms with van der Waals surface area (Å²) in [6, 6.07) is 0. The molecule has 0 saturated carbocycles. The van der Waals surface area contributed by atoms with Gasteiger partial charge in [-0.1, -0.05) is 0 Å². The largest absolute Gasteiger partial charge is 0.255 e. The van der Waals surface area contributed by atoms with E-state index in [0.29, 0.717) is 13.5 Å². The Balaban J connectivity index is 2.21. The maximum absolute atomic E-state index is 4.90. The fraction of sp³-hybridized carbons (Fsp3) is 1.00. The summed E-state index contributed by atoms with van der Waals surface area (Å²) in [4.78, 5) is 32.1. The third-order valence-electron chi connectivity index (χ3n) is 1.54. The molecule has 0 aromatic heterocycles. The van der Waals surface area contributed by atoms with Gasteiger partial charge >= 0.3 is 0 Å². The summed E-state index contributed by atoms with van der Waals surface area (Å²) >= 11 is 0. The second-order valence-electron chi connectivity index (χ2n) is 2.93. The van der Waals surface area contributed by atoms with Gasteiger partial charge in [-0.25, -0.2) is 34.2 Å². The molecule has 0 N–H and O–H groups in total. The molecule has 8 heteroatoms. The highest BCUT2D eigenvalue weighted by Gasteiger charge is 2.10. The highest BCUT2D eigenvalue weighted by atomic mass is 17.2. The van der Waals surface area contributed by atoms with Crippen LogP contribution in [0.1, 0.15) is 0 Å². The van der Waals surface area contributed by atoms with Crippen molar-refractivity contribution in [2.45, 2.75) is 0 Å². The first-order chi connectivity index (χ1) is 7.33. The van der Waals surface area contributed by atoms with Crippen molar-refractivity contribution in [3.05, 3.63) is 0 Å². The van der Waals surface area contributed by atoms with Crippen LogP contribution < -0.4 is 0 Å². The zero-order valence-electron chi connectivity index (χ0n) is 8.88. The molecule has 0 unspecified atom stereocenters. The van der Waals surface area contributed by atoms with E-state index in [2.05, 4.69) is 4.89 Å². The topological polar surface area (TPSA) is 61.9 Å². The molecule has 0 aromatic carbocycles. The van der Waals surface area contributed by atoms with E-state index in [4.69, 9.17) is 24.4 Å². The van der Waals surface area contributed by atoms with E-state index in [0.717, 1.165) is 0 Å². The minimum Gasteiger partial charge on any atom is -0.255 e. The maximum atomic E-state index is 4.90. The van der Waals surface area contributed by atoms with Gasteiger partial charge in [0, 0.05) is 0 Å². The SMILES string of the molecule is COOCN1COOCN(C)COOC1. The molecule has 1 aliphatic rings. The van der Waals surface area contributed by atoms with E-state index in [1.54, 1.807) is 16.8 Å². The summed E-state index contributed by atoms with van der Waals surface area (Å²) in [7, 11) is 3.23. The van der Waals surface area contributed by atoms with Crippen molar-refractivity contribution in [2.75, 3.05) is 47.8 Å². The molecule has 0 radical (unpaired) electrons. The van der Waals surface area contributed by atoms with Crippen molar-refractivity contribution in [3.8, 4) is 0 Å². The van der Waals surface area contributed by atoms with Crippen molar-refractivity contribution in [1.29, 1.82) is 0 Å². The Morgan fingerprint density at radius 3 is 2.07 bits per heavy atom. The molecule has 8 nitrogen and oxygen atoms in total. The zero-order chi connectivity index (χ0) is 10.9. The predicted molar refractivity (Wildman–Crippen MR) is 46.4 cm³/mol. The van der Waals surface area contributed by atoms with Gasteiger partial charge in [0.2, 0.25) is 0 Å². The summed E-state index contributed by atoms with van der Waals surface area (Å²) in [5.41, 5.74) is 0. The van der Waals surface area contributed by atoms with Crippen LogP contribution >= 0.6 is 0 Å². The zero-order valence-corrected chi connectivity index (χ0v) is 8.88. The highest BCUT2D eigenvalue weighted by Crippen LogP contribution is 1.97. The molecule has 1 rings (SSSR count). The Labute approximate surface area is 87.9 Å². The van der Waals surface area contributed by atoms with Gasteiger partial charge in [0.05, 0.1) is 7.11 Å². The molecule has 1 fully saturated rings. The number of nitrogens with zero attached hydrogens (tertiary/aromatic N) is 2. The third kappa shape index (κ3) is 5.97. The quantitative estimate of drug-likeness (QED) is 0.469. The molecule has 0 bridgehead atoms. The lowest BCUT2D eigenvalue weighted by Crippen LogP contribution is -2.35. The molecule has 0 aliphatic carbocycles. The van der Waals surface area contributed by atoms with E-state index >= 15 is 0 Å². The van der Waals surface area contributed by atoms with Crippen molar-refractivity contribution >= 4 is 0 Å². The van der Waals surface area contributed by atoms with Gasteiger partial charge < -0.3 is 0 Å². The lowest BCUT2D eigenvalue weighted by molar-refractivity contribution is -0.408. The van der Waals surface area contributed by atoms with Gasteiger partial charge in [-0.3, -0.25) is 4.90 Å². The summed E-state index contributed by atoms with van der Waals surface area (Å²) < 4.78 is 0. The number of hydrogen-bond acceptors (Lipinski definition) is 8. The van der Waals surface area contributed by atoms with Gasteiger partial charge in [0.25, 0.3) is 0 Å². The molecule has 1 saturated heterocycles. The monoisotopic (exact) mass is 224 g/mol. The van der Waals surface area contributed by atoms with Crippen LogP contribution in [0.4, 0.5) is 0 Å². The first kappa shape index (κ1) is 12.7. The Morgan fingerprint density at radius 1 is 1.00 bits per heavy atom. The number of rotatable bonds is 3. The van der Waals surface area contributed by atoms with Gasteiger partial charge in [0.1, 0.15) is 33.7 Å². The third-order valence-corrected chi connectivity index (χ3v) is 1.54.